The van der Waals surface area contributed by atoms with Gasteiger partial charge in [0.1, 0.15) is 5.75 Å². The molecule has 0 unspecified atom stereocenters. The van der Waals surface area contributed by atoms with E-state index >= 15 is 0 Å². The summed E-state index contributed by atoms with van der Waals surface area (Å²) in [6.07, 6.45) is 0. The van der Waals surface area contributed by atoms with Crippen molar-refractivity contribution >= 4 is 16.7 Å². The quantitative estimate of drug-likeness (QED) is 0.628. The van der Waals surface area contributed by atoms with Gasteiger partial charge in [-0.15, -0.1) is 0 Å². The third-order valence-electron chi connectivity index (χ3n) is 4.61. The van der Waals surface area contributed by atoms with Gasteiger partial charge < -0.3 is 20.3 Å². The lowest BCUT2D eigenvalue weighted by atomic mass is 9.98. The summed E-state index contributed by atoms with van der Waals surface area (Å²) in [4.78, 5) is 12.3. The van der Waals surface area contributed by atoms with Crippen LogP contribution in [0.25, 0.3) is 21.9 Å². The molecule has 1 amide bonds. The van der Waals surface area contributed by atoms with E-state index in [0.717, 1.165) is 33.2 Å². The van der Waals surface area contributed by atoms with E-state index in [4.69, 9.17) is 14.9 Å². The highest BCUT2D eigenvalue weighted by atomic mass is 16.5. The number of carbonyl (C=O) groups excluding carboxylic acids is 1. The average Bonchev–Trinajstić information content (AvgIpc) is 2.70. The van der Waals surface area contributed by atoms with Crippen LogP contribution in [0.15, 0.2) is 54.6 Å². The molecule has 3 aromatic carbocycles. The lowest BCUT2D eigenvalue weighted by molar-refractivity contribution is 0.0879. The van der Waals surface area contributed by atoms with Gasteiger partial charge in [0.05, 0.1) is 26.4 Å². The summed E-state index contributed by atoms with van der Waals surface area (Å²) in [5, 5.41) is 22.8. The number of fused-ring (bicyclic) bond motifs is 1. The maximum absolute atomic E-state index is 12.3. The zero-order valence-electron chi connectivity index (χ0n) is 15.4. The maximum Gasteiger partial charge on any atom is 0.251 e. The standard InChI is InChI=1S/C22H23NO4/c1-14-9-15(7-8-21(14)27-2)16-3-4-18-11-19(6-5-17(18)10-16)22(26)23-20(12-24)13-25/h3-11,20,24-25H,12-13H2,1-2H3,(H,23,26). The van der Waals surface area contributed by atoms with Gasteiger partial charge in [-0.3, -0.25) is 4.79 Å². The molecule has 0 aliphatic rings. The van der Waals surface area contributed by atoms with E-state index in [0.29, 0.717) is 5.56 Å². The highest BCUT2D eigenvalue weighted by molar-refractivity contribution is 5.99. The van der Waals surface area contributed by atoms with Crippen molar-refractivity contribution in [3.8, 4) is 16.9 Å². The minimum Gasteiger partial charge on any atom is -0.496 e. The Kier molecular flexibility index (Phi) is 5.74. The van der Waals surface area contributed by atoms with E-state index in [1.165, 1.54) is 0 Å². The lowest BCUT2D eigenvalue weighted by Gasteiger charge is -2.13. The smallest absolute Gasteiger partial charge is 0.251 e. The minimum atomic E-state index is -0.658. The van der Waals surface area contributed by atoms with Gasteiger partial charge in [-0.25, -0.2) is 0 Å². The Bertz CT molecular complexity index is 964. The number of carbonyl (C=O) groups is 1. The highest BCUT2D eigenvalue weighted by Crippen LogP contribution is 2.29. The van der Waals surface area contributed by atoms with E-state index in [-0.39, 0.29) is 19.1 Å². The number of aliphatic hydroxyl groups excluding tert-OH is 2. The summed E-state index contributed by atoms with van der Waals surface area (Å²) in [7, 11) is 1.66. The van der Waals surface area contributed by atoms with Crippen LogP contribution >= 0.6 is 0 Å². The van der Waals surface area contributed by atoms with Crippen molar-refractivity contribution in [1.29, 1.82) is 0 Å². The second-order valence-electron chi connectivity index (χ2n) is 6.50. The van der Waals surface area contributed by atoms with Gasteiger partial charge in [0.25, 0.3) is 5.91 Å². The molecule has 3 N–H and O–H groups in total. The molecule has 0 saturated heterocycles. The molecule has 5 nitrogen and oxygen atoms in total. The summed E-state index contributed by atoms with van der Waals surface area (Å²) >= 11 is 0. The Balaban J connectivity index is 1.89. The molecule has 0 radical (unpaired) electrons. The van der Waals surface area contributed by atoms with Gasteiger partial charge in [0.2, 0.25) is 0 Å². The van der Waals surface area contributed by atoms with E-state index in [2.05, 4.69) is 17.4 Å². The Morgan fingerprint density at radius 3 is 2.26 bits per heavy atom. The molecule has 3 aromatic rings. The van der Waals surface area contributed by atoms with Crippen molar-refractivity contribution in [2.24, 2.45) is 0 Å². The number of rotatable bonds is 6. The number of hydrogen-bond donors (Lipinski definition) is 3. The average molecular weight is 365 g/mol. The number of benzene rings is 3. The topological polar surface area (TPSA) is 78.8 Å². The van der Waals surface area contributed by atoms with Gasteiger partial charge >= 0.3 is 0 Å². The molecule has 0 saturated carbocycles. The number of hydrogen-bond acceptors (Lipinski definition) is 4. The fraction of sp³-hybridized carbons (Fsp3) is 0.227. The van der Waals surface area contributed by atoms with Crippen LogP contribution in [0.5, 0.6) is 5.75 Å². The van der Waals surface area contributed by atoms with Gasteiger partial charge in [0, 0.05) is 5.56 Å². The number of amides is 1. The summed E-state index contributed by atoms with van der Waals surface area (Å²) in [5.41, 5.74) is 3.75. The first-order chi connectivity index (χ1) is 13.0. The van der Waals surface area contributed by atoms with Crippen molar-refractivity contribution in [3.05, 3.63) is 65.7 Å². The second-order valence-corrected chi connectivity index (χ2v) is 6.50. The summed E-state index contributed by atoms with van der Waals surface area (Å²) in [6, 6.07) is 17.0. The molecule has 5 heteroatoms. The molecule has 27 heavy (non-hydrogen) atoms. The molecule has 0 aliphatic heterocycles. The zero-order chi connectivity index (χ0) is 19.4. The van der Waals surface area contributed by atoms with E-state index in [1.807, 2.05) is 37.3 Å². The van der Waals surface area contributed by atoms with Crippen LogP contribution in [-0.2, 0) is 0 Å². The maximum atomic E-state index is 12.3. The van der Waals surface area contributed by atoms with Crippen LogP contribution < -0.4 is 10.1 Å². The van der Waals surface area contributed by atoms with Crippen molar-refractivity contribution in [1.82, 2.24) is 5.32 Å². The molecule has 0 aromatic heterocycles. The van der Waals surface area contributed by atoms with Crippen LogP contribution in [0.3, 0.4) is 0 Å². The first kappa shape index (κ1) is 18.9. The Labute approximate surface area is 158 Å². The van der Waals surface area contributed by atoms with Crippen LogP contribution in [0, 0.1) is 6.92 Å². The van der Waals surface area contributed by atoms with E-state index in [1.54, 1.807) is 19.2 Å². The van der Waals surface area contributed by atoms with Crippen molar-refractivity contribution in [3.63, 3.8) is 0 Å². The Morgan fingerprint density at radius 2 is 1.59 bits per heavy atom. The molecule has 0 aliphatic carbocycles. The summed E-state index contributed by atoms with van der Waals surface area (Å²) in [5.74, 6) is 0.541. The third kappa shape index (κ3) is 4.10. The predicted molar refractivity (Wildman–Crippen MR) is 106 cm³/mol. The van der Waals surface area contributed by atoms with E-state index in [9.17, 15) is 4.79 Å². The molecule has 0 atom stereocenters. The first-order valence-corrected chi connectivity index (χ1v) is 8.77. The van der Waals surface area contributed by atoms with Crippen LogP contribution in [-0.4, -0.2) is 42.5 Å². The molecule has 140 valence electrons. The molecule has 0 bridgehead atoms. The van der Waals surface area contributed by atoms with Crippen LogP contribution in [0.2, 0.25) is 0 Å². The first-order valence-electron chi connectivity index (χ1n) is 8.77. The molecule has 0 heterocycles. The molecule has 0 spiro atoms. The molecular weight excluding hydrogens is 342 g/mol. The van der Waals surface area contributed by atoms with Crippen LogP contribution in [0.4, 0.5) is 0 Å². The number of ether oxygens (including phenoxy) is 1. The Morgan fingerprint density at radius 1 is 0.963 bits per heavy atom. The SMILES string of the molecule is COc1ccc(-c2ccc3cc(C(=O)NC(CO)CO)ccc3c2)cc1C. The van der Waals surface area contributed by atoms with Crippen molar-refractivity contribution < 1.29 is 19.7 Å². The summed E-state index contributed by atoms with van der Waals surface area (Å²) < 4.78 is 5.32. The number of aliphatic hydroxyl groups is 2. The van der Waals surface area contributed by atoms with Gasteiger partial charge in [-0.2, -0.15) is 0 Å². The fourth-order valence-electron chi connectivity index (χ4n) is 3.04. The second kappa shape index (κ2) is 8.20. The van der Waals surface area contributed by atoms with Gasteiger partial charge in [-0.05, 0) is 64.7 Å². The van der Waals surface area contributed by atoms with Crippen molar-refractivity contribution in [2.45, 2.75) is 13.0 Å². The zero-order valence-corrected chi connectivity index (χ0v) is 15.4. The number of aryl methyl sites for hydroxylation is 1. The molecular formula is C22H23NO4. The minimum absolute atomic E-state index is 0.305. The predicted octanol–water partition coefficient (Wildman–Crippen LogP) is 2.91. The van der Waals surface area contributed by atoms with Crippen LogP contribution in [0.1, 0.15) is 15.9 Å². The van der Waals surface area contributed by atoms with E-state index < -0.39 is 6.04 Å². The molecule has 3 rings (SSSR count). The monoisotopic (exact) mass is 365 g/mol. The third-order valence-corrected chi connectivity index (χ3v) is 4.61. The lowest BCUT2D eigenvalue weighted by Crippen LogP contribution is -2.40. The Hall–Kier alpha value is -2.89. The van der Waals surface area contributed by atoms with Crippen molar-refractivity contribution in [2.75, 3.05) is 20.3 Å². The molecule has 0 fully saturated rings. The fourth-order valence-corrected chi connectivity index (χ4v) is 3.04. The number of methoxy groups -OCH3 is 1. The largest absolute Gasteiger partial charge is 0.496 e. The highest BCUT2D eigenvalue weighted by Gasteiger charge is 2.12. The normalized spacial score (nSPS) is 11.0. The number of nitrogens with one attached hydrogen (secondary N) is 1. The van der Waals surface area contributed by atoms with Gasteiger partial charge in [0.15, 0.2) is 0 Å². The summed E-state index contributed by atoms with van der Waals surface area (Å²) in [6.45, 7) is 1.40. The van der Waals surface area contributed by atoms with Gasteiger partial charge in [-0.1, -0.05) is 24.3 Å².